The number of carbonyl (C=O) groups is 3. The molecule has 239 valence electrons. The number of ether oxygens (including phenoxy) is 1. The number of hydrogen-bond donors (Lipinski definition) is 2. The molecule has 3 rings (SSSR count). The van der Waals surface area contributed by atoms with E-state index >= 15 is 0 Å². The van der Waals surface area contributed by atoms with Gasteiger partial charge in [0, 0.05) is 17.0 Å². The number of sulfone groups is 1. The molecule has 8 nitrogen and oxygen atoms in total. The summed E-state index contributed by atoms with van der Waals surface area (Å²) in [6, 6.07) is 20.4. The molecule has 0 aliphatic heterocycles. The monoisotopic (exact) mass is 631 g/mol. The van der Waals surface area contributed by atoms with Crippen LogP contribution >= 0.6 is 0 Å². The van der Waals surface area contributed by atoms with Crippen LogP contribution in [0.5, 0.6) is 0 Å². The van der Waals surface area contributed by atoms with Gasteiger partial charge in [-0.15, -0.1) is 0 Å². The van der Waals surface area contributed by atoms with E-state index in [0.717, 1.165) is 16.6 Å². The van der Waals surface area contributed by atoms with Crippen LogP contribution in [-0.4, -0.2) is 63.3 Å². The fraction of sp³-hybridized carbons (Fsp3) is 0.400. The molecule has 0 fully saturated rings. The fourth-order valence-corrected chi connectivity index (χ4v) is 6.04. The number of amides is 2. The molecule has 0 aliphatic carbocycles. The van der Waals surface area contributed by atoms with E-state index in [2.05, 4.69) is 10.6 Å². The number of carbonyl (C=O) groups excluding carboxylic acids is 3. The van der Waals surface area contributed by atoms with Crippen molar-refractivity contribution in [3.63, 3.8) is 0 Å². The van der Waals surface area contributed by atoms with E-state index in [1.165, 1.54) is 24.3 Å². The minimum Gasteiger partial charge on any atom is -0.373 e. The average Bonchev–Trinajstić information content (AvgIpc) is 2.97. The van der Waals surface area contributed by atoms with Gasteiger partial charge in [-0.1, -0.05) is 71.4 Å². The van der Waals surface area contributed by atoms with Crippen LogP contribution in [0.15, 0.2) is 77.7 Å². The Balaban J connectivity index is 1.68. The second-order valence-electron chi connectivity index (χ2n) is 13.1. The van der Waals surface area contributed by atoms with Gasteiger partial charge in [-0.25, -0.2) is 8.42 Å². The van der Waals surface area contributed by atoms with Gasteiger partial charge < -0.3 is 15.4 Å². The average molecular weight is 632 g/mol. The summed E-state index contributed by atoms with van der Waals surface area (Å²) in [5, 5.41) is 5.46. The largest absolute Gasteiger partial charge is 0.373 e. The van der Waals surface area contributed by atoms with Gasteiger partial charge in [0.25, 0.3) is 5.91 Å². The molecule has 1 atom stereocenters. The Morgan fingerprint density at radius 2 is 1.33 bits per heavy atom. The van der Waals surface area contributed by atoms with Crippen LogP contribution in [0.3, 0.4) is 0 Å². The first-order chi connectivity index (χ1) is 20.9. The Kier molecular flexibility index (Phi) is 11.9. The van der Waals surface area contributed by atoms with Crippen molar-refractivity contribution in [3.8, 4) is 0 Å². The molecule has 3 aromatic rings. The van der Waals surface area contributed by atoms with Gasteiger partial charge in [-0.2, -0.15) is 0 Å². The van der Waals surface area contributed by atoms with Crippen molar-refractivity contribution in [2.75, 3.05) is 18.9 Å². The quantitative estimate of drug-likeness (QED) is 0.200. The molecule has 0 aliphatic rings. The van der Waals surface area contributed by atoms with Gasteiger partial charge in [0.05, 0.1) is 34.9 Å². The Labute approximate surface area is 268 Å². The van der Waals surface area contributed by atoms with E-state index in [4.69, 9.17) is 4.74 Å². The molecule has 0 saturated carbocycles. The number of hydrogen-bond acceptors (Lipinski definition) is 6. The molecule has 10 heteroatoms. The summed E-state index contributed by atoms with van der Waals surface area (Å²) in [6.45, 7) is 13.4. The number of ketones is 1. The van der Waals surface area contributed by atoms with Crippen LogP contribution in [-0.2, 0) is 19.4 Å². The highest BCUT2D eigenvalue weighted by atomic mass is 32.2. The van der Waals surface area contributed by atoms with Gasteiger partial charge in [-0.3, -0.25) is 14.4 Å². The van der Waals surface area contributed by atoms with Crippen molar-refractivity contribution in [2.45, 2.75) is 70.8 Å². The summed E-state index contributed by atoms with van der Waals surface area (Å²) in [5.74, 6) is -2.36. The maximum Gasteiger partial charge on any atom is 0.251 e. The first-order valence-electron chi connectivity index (χ1n) is 15.0. The predicted molar refractivity (Wildman–Crippen MR) is 179 cm³/mol. The third kappa shape index (κ3) is 11.6. The van der Waals surface area contributed by atoms with Gasteiger partial charge in [0.2, 0.25) is 5.91 Å². The van der Waals surface area contributed by atoms with Crippen molar-refractivity contribution < 1.29 is 27.5 Å². The maximum absolute atomic E-state index is 13.7. The molecule has 2 N–H and O–H groups in total. The summed E-state index contributed by atoms with van der Waals surface area (Å²) in [7, 11) is -1.88. The number of Topliss-reactive ketones (excluding diaryl/α,β-unsaturated/α-hetero) is 1. The van der Waals surface area contributed by atoms with Gasteiger partial charge in [0.1, 0.15) is 0 Å². The van der Waals surface area contributed by atoms with Crippen molar-refractivity contribution in [3.05, 3.63) is 95.1 Å². The molecular weight excluding hydrogens is 587 g/mol. The second-order valence-corrected chi connectivity index (χ2v) is 15.1. The van der Waals surface area contributed by atoms with Crippen molar-refractivity contribution >= 4 is 40.2 Å². The molecule has 0 heterocycles. The van der Waals surface area contributed by atoms with E-state index in [0.29, 0.717) is 12.2 Å². The standard InChI is InChI=1S/C35H44BN2O6S/c1-24-8-16-29(17-9-24)36-20-28(22-45(42,43)30-18-10-25(2)11-19-30)32(40)26-12-14-27(15-13-26)33(41)37-21-31(39)38-35(6,7)23-44-34(3,4)5/h8-19,28H,20-23H2,1-7H3,(H,37,41)(H,38,39). The van der Waals surface area contributed by atoms with E-state index in [9.17, 15) is 22.8 Å². The summed E-state index contributed by atoms with van der Waals surface area (Å²) in [5.41, 5.74) is 2.52. The molecule has 0 aromatic heterocycles. The van der Waals surface area contributed by atoms with Crippen molar-refractivity contribution in [1.82, 2.24) is 10.6 Å². The van der Waals surface area contributed by atoms with E-state index < -0.39 is 27.2 Å². The Bertz CT molecular complexity index is 1580. The molecule has 45 heavy (non-hydrogen) atoms. The SMILES string of the molecule is Cc1ccc([B]CC(CS(=O)(=O)c2ccc(C)cc2)C(=O)c2ccc(C(=O)NCC(=O)NC(C)(C)COC(C)(C)C)cc2)cc1. The van der Waals surface area contributed by atoms with Crippen LogP contribution in [0, 0.1) is 19.8 Å². The lowest BCUT2D eigenvalue weighted by Gasteiger charge is -2.30. The topological polar surface area (TPSA) is 119 Å². The minimum absolute atomic E-state index is 0.169. The van der Waals surface area contributed by atoms with Crippen LogP contribution in [0.1, 0.15) is 66.5 Å². The third-order valence-electron chi connectivity index (χ3n) is 7.07. The second kappa shape index (κ2) is 15.0. The van der Waals surface area contributed by atoms with Gasteiger partial charge in [0.15, 0.2) is 22.9 Å². The fourth-order valence-electron chi connectivity index (χ4n) is 4.48. The highest BCUT2D eigenvalue weighted by Gasteiger charge is 2.28. The molecule has 0 saturated heterocycles. The Hall–Kier alpha value is -3.76. The van der Waals surface area contributed by atoms with E-state index in [1.807, 2.05) is 80.0 Å². The zero-order chi connectivity index (χ0) is 33.4. The zero-order valence-electron chi connectivity index (χ0n) is 27.3. The number of nitrogens with one attached hydrogen (secondary N) is 2. The lowest BCUT2D eigenvalue weighted by molar-refractivity contribution is -0.123. The minimum atomic E-state index is -3.75. The highest BCUT2D eigenvalue weighted by Crippen LogP contribution is 2.21. The van der Waals surface area contributed by atoms with Crippen LogP contribution in [0.2, 0.25) is 6.32 Å². The lowest BCUT2D eigenvalue weighted by atomic mass is 9.63. The number of aryl methyl sites for hydroxylation is 2. The van der Waals surface area contributed by atoms with Crippen LogP contribution in [0.25, 0.3) is 0 Å². The number of benzene rings is 3. The molecule has 3 aromatic carbocycles. The zero-order valence-corrected chi connectivity index (χ0v) is 28.1. The van der Waals surface area contributed by atoms with Crippen molar-refractivity contribution in [1.29, 1.82) is 0 Å². The highest BCUT2D eigenvalue weighted by molar-refractivity contribution is 7.91. The first kappa shape index (κ1) is 35.7. The summed E-state index contributed by atoms with van der Waals surface area (Å²) in [6.07, 6.45) is 0.224. The normalized spacial score (nSPS) is 12.7. The van der Waals surface area contributed by atoms with Gasteiger partial charge >= 0.3 is 0 Å². The Morgan fingerprint density at radius 3 is 1.89 bits per heavy atom. The Morgan fingerprint density at radius 1 is 0.800 bits per heavy atom. The van der Waals surface area contributed by atoms with Gasteiger partial charge in [-0.05, 0) is 72.7 Å². The van der Waals surface area contributed by atoms with E-state index in [1.54, 1.807) is 24.3 Å². The predicted octanol–water partition coefficient (Wildman–Crippen LogP) is 4.46. The maximum atomic E-state index is 13.7. The molecular formula is C35H44BN2O6S. The number of rotatable bonds is 14. The molecule has 2 amide bonds. The lowest BCUT2D eigenvalue weighted by Crippen LogP contribution is -2.51. The summed E-state index contributed by atoms with van der Waals surface area (Å²) in [4.78, 5) is 39.1. The third-order valence-corrected chi connectivity index (χ3v) is 8.90. The summed E-state index contributed by atoms with van der Waals surface area (Å²) >= 11 is 0. The molecule has 0 spiro atoms. The molecule has 1 unspecified atom stereocenters. The van der Waals surface area contributed by atoms with Crippen LogP contribution < -0.4 is 16.1 Å². The molecule has 0 bridgehead atoms. The van der Waals surface area contributed by atoms with E-state index in [-0.39, 0.29) is 46.4 Å². The summed E-state index contributed by atoms with van der Waals surface area (Å²) < 4.78 is 32.4. The van der Waals surface area contributed by atoms with Crippen molar-refractivity contribution in [2.24, 2.45) is 5.92 Å². The molecule has 1 radical (unpaired) electrons. The van der Waals surface area contributed by atoms with Crippen LogP contribution in [0.4, 0.5) is 0 Å². The first-order valence-corrected chi connectivity index (χ1v) is 16.7. The smallest absolute Gasteiger partial charge is 0.251 e.